The van der Waals surface area contributed by atoms with Gasteiger partial charge in [0.1, 0.15) is 6.29 Å². The van der Waals surface area contributed by atoms with Crippen LogP contribution in [0.1, 0.15) is 67.8 Å². The van der Waals surface area contributed by atoms with Crippen molar-refractivity contribution in [2.75, 3.05) is 19.6 Å². The number of likely N-dealkylation sites (tertiary alicyclic amines) is 1. The van der Waals surface area contributed by atoms with E-state index in [9.17, 15) is 4.79 Å². The van der Waals surface area contributed by atoms with Crippen molar-refractivity contribution in [3.8, 4) is 0 Å². The lowest BCUT2D eigenvalue weighted by molar-refractivity contribution is -0.108. The Morgan fingerprint density at radius 2 is 1.79 bits per heavy atom. The predicted molar refractivity (Wildman–Crippen MR) is 141 cm³/mol. The number of carbonyl (C=O) groups is 2. The molecular weight excluding hydrogens is 424 g/mol. The maximum Gasteiger partial charge on any atom is 0.204 e. The number of aldehydes is 1. The summed E-state index contributed by atoms with van der Waals surface area (Å²) in [6.45, 7) is 7.19. The highest BCUT2D eigenvalue weighted by Gasteiger charge is 2.35. The van der Waals surface area contributed by atoms with E-state index < -0.39 is 0 Å². The van der Waals surface area contributed by atoms with Crippen LogP contribution in [0.5, 0.6) is 0 Å². The van der Waals surface area contributed by atoms with Crippen LogP contribution in [0.3, 0.4) is 0 Å². The van der Waals surface area contributed by atoms with Crippen molar-refractivity contribution in [3.05, 3.63) is 71.4 Å². The van der Waals surface area contributed by atoms with Crippen molar-refractivity contribution in [1.82, 2.24) is 9.88 Å². The number of nitrogens with two attached hydrogens (primary N) is 2. The Hall–Kier alpha value is -2.96. The van der Waals surface area contributed by atoms with Gasteiger partial charge < -0.3 is 21.2 Å². The summed E-state index contributed by atoms with van der Waals surface area (Å²) in [7, 11) is 0. The second kappa shape index (κ2) is 15.0. The van der Waals surface area contributed by atoms with Crippen LogP contribution in [0.4, 0.5) is 0 Å². The predicted octanol–water partition coefficient (Wildman–Crippen LogP) is 4.83. The highest BCUT2D eigenvalue weighted by Crippen LogP contribution is 2.44. The number of fused-ring (bicyclic) bond motifs is 1. The van der Waals surface area contributed by atoms with E-state index in [-0.39, 0.29) is 6.41 Å². The number of nitrogens with zero attached hydrogens (tertiary/aromatic N) is 1. The molecule has 1 aliphatic heterocycles. The number of amides is 1. The van der Waals surface area contributed by atoms with E-state index in [2.05, 4.69) is 77.1 Å². The molecule has 6 heteroatoms. The molecule has 1 aromatic heterocycles. The first-order valence-electron chi connectivity index (χ1n) is 12.3. The standard InChI is InChI=1S/C23H29N3.C4H8O.CH3NO/c1-17-15-20-16-19(9-10-22(20)25-17)23-21(18-7-3-2-4-8-18)11-14-26(23)13-6-5-12-24;1-2-3-4-5;2-1-3/h2-4,7-10,15-16,21,23,25H,5-6,11-14,24H2,1H3;4H,2-3H2,1H3;1H,(H2,2,3). The zero-order valence-electron chi connectivity index (χ0n) is 20.6. The van der Waals surface area contributed by atoms with Crippen LogP contribution in [-0.4, -0.2) is 42.2 Å². The van der Waals surface area contributed by atoms with Crippen LogP contribution in [0.2, 0.25) is 0 Å². The quantitative estimate of drug-likeness (QED) is 0.328. The van der Waals surface area contributed by atoms with Gasteiger partial charge in [0.15, 0.2) is 0 Å². The van der Waals surface area contributed by atoms with Crippen molar-refractivity contribution in [1.29, 1.82) is 0 Å². The van der Waals surface area contributed by atoms with E-state index in [1.54, 1.807) is 0 Å². The number of hydrogen-bond donors (Lipinski definition) is 3. The zero-order valence-corrected chi connectivity index (χ0v) is 20.6. The van der Waals surface area contributed by atoms with E-state index in [1.807, 2.05) is 6.92 Å². The maximum atomic E-state index is 9.40. The normalized spacial score (nSPS) is 17.4. The van der Waals surface area contributed by atoms with Gasteiger partial charge in [0.25, 0.3) is 0 Å². The van der Waals surface area contributed by atoms with E-state index in [0.29, 0.717) is 18.4 Å². The third kappa shape index (κ3) is 7.82. The van der Waals surface area contributed by atoms with E-state index in [1.165, 1.54) is 47.1 Å². The maximum absolute atomic E-state index is 9.40. The summed E-state index contributed by atoms with van der Waals surface area (Å²) in [4.78, 5) is 24.1. The highest BCUT2D eigenvalue weighted by atomic mass is 16.1. The van der Waals surface area contributed by atoms with Crippen LogP contribution in [0.15, 0.2) is 54.6 Å². The first-order valence-corrected chi connectivity index (χ1v) is 12.3. The lowest BCUT2D eigenvalue weighted by atomic mass is 9.87. The monoisotopic (exact) mass is 464 g/mol. The van der Waals surface area contributed by atoms with E-state index in [4.69, 9.17) is 10.5 Å². The Balaban J connectivity index is 0.000000447. The number of rotatable bonds is 8. The molecule has 3 aromatic rings. The molecule has 1 fully saturated rings. The Labute approximate surface area is 203 Å². The van der Waals surface area contributed by atoms with Gasteiger partial charge in [-0.25, -0.2) is 0 Å². The first kappa shape index (κ1) is 27.3. The molecule has 2 aromatic carbocycles. The summed E-state index contributed by atoms with van der Waals surface area (Å²) in [6.07, 6.45) is 6.38. The minimum absolute atomic E-state index is 0.250. The molecule has 4 rings (SSSR count). The third-order valence-electron chi connectivity index (χ3n) is 6.16. The summed E-state index contributed by atoms with van der Waals surface area (Å²) >= 11 is 0. The van der Waals surface area contributed by atoms with Crippen molar-refractivity contribution in [2.45, 2.75) is 57.9 Å². The summed E-state index contributed by atoms with van der Waals surface area (Å²) in [5.41, 5.74) is 15.2. The molecule has 2 heterocycles. The minimum Gasteiger partial charge on any atom is -0.372 e. The number of unbranched alkanes of at least 4 members (excludes halogenated alkanes) is 2. The van der Waals surface area contributed by atoms with Gasteiger partial charge in [-0.2, -0.15) is 0 Å². The van der Waals surface area contributed by atoms with Crippen LogP contribution in [0, 0.1) is 6.92 Å². The SMILES string of the molecule is CCCC=O.Cc1cc2cc(C3C(c4ccccc4)CCN3CCCCN)ccc2[nH]1.NC=O. The number of hydrogen-bond acceptors (Lipinski definition) is 4. The van der Waals surface area contributed by atoms with Gasteiger partial charge in [0, 0.05) is 29.6 Å². The molecule has 1 saturated heterocycles. The molecule has 0 aliphatic carbocycles. The number of nitrogens with one attached hydrogen (secondary N) is 1. The zero-order chi connectivity index (χ0) is 24.8. The van der Waals surface area contributed by atoms with Crippen molar-refractivity contribution >= 4 is 23.6 Å². The summed E-state index contributed by atoms with van der Waals surface area (Å²) in [5, 5.41) is 1.32. The van der Waals surface area contributed by atoms with Crippen molar-refractivity contribution in [3.63, 3.8) is 0 Å². The largest absolute Gasteiger partial charge is 0.372 e. The number of benzene rings is 2. The smallest absolute Gasteiger partial charge is 0.204 e. The lowest BCUT2D eigenvalue weighted by Gasteiger charge is -2.29. The molecular formula is C28H40N4O2. The highest BCUT2D eigenvalue weighted by molar-refractivity contribution is 5.81. The average molecular weight is 465 g/mol. The molecule has 184 valence electrons. The van der Waals surface area contributed by atoms with E-state index in [0.717, 1.165) is 32.2 Å². The van der Waals surface area contributed by atoms with Gasteiger partial charge in [0.05, 0.1) is 0 Å². The molecule has 2 unspecified atom stereocenters. The van der Waals surface area contributed by atoms with E-state index >= 15 is 0 Å². The Bertz CT molecular complexity index is 986. The van der Waals surface area contributed by atoms with Crippen LogP contribution in [-0.2, 0) is 9.59 Å². The molecule has 0 saturated carbocycles. The second-order valence-corrected chi connectivity index (χ2v) is 8.67. The van der Waals surface area contributed by atoms with Crippen LogP contribution in [0.25, 0.3) is 10.9 Å². The minimum atomic E-state index is 0.250. The number of H-pyrrole nitrogens is 1. The van der Waals surface area contributed by atoms with Crippen molar-refractivity contribution < 1.29 is 9.59 Å². The number of aryl methyl sites for hydroxylation is 1. The fourth-order valence-corrected chi connectivity index (χ4v) is 4.66. The fourth-order valence-electron chi connectivity index (χ4n) is 4.66. The Morgan fingerprint density at radius 3 is 2.41 bits per heavy atom. The first-order chi connectivity index (χ1) is 16.6. The van der Waals surface area contributed by atoms with Gasteiger partial charge in [-0.3, -0.25) is 9.69 Å². The van der Waals surface area contributed by atoms with Crippen molar-refractivity contribution in [2.24, 2.45) is 11.5 Å². The molecule has 1 amide bonds. The van der Waals surface area contributed by atoms with Gasteiger partial charge in [-0.05, 0) is 87.0 Å². The van der Waals surface area contributed by atoms with Gasteiger partial charge in [0.2, 0.25) is 6.41 Å². The average Bonchev–Trinajstić information content (AvgIpc) is 3.43. The molecule has 34 heavy (non-hydrogen) atoms. The fraction of sp³-hybridized carbons (Fsp3) is 0.429. The third-order valence-corrected chi connectivity index (χ3v) is 6.16. The topological polar surface area (TPSA) is 105 Å². The lowest BCUT2D eigenvalue weighted by Crippen LogP contribution is -2.26. The summed E-state index contributed by atoms with van der Waals surface area (Å²) < 4.78 is 0. The molecule has 1 aliphatic rings. The number of aromatic nitrogens is 1. The molecule has 5 N–H and O–H groups in total. The molecule has 0 radical (unpaired) electrons. The molecule has 2 atom stereocenters. The summed E-state index contributed by atoms with van der Waals surface area (Å²) in [5.74, 6) is 0.562. The van der Waals surface area contributed by atoms with Gasteiger partial charge in [-0.15, -0.1) is 0 Å². The number of primary amides is 1. The molecule has 6 nitrogen and oxygen atoms in total. The van der Waals surface area contributed by atoms with Gasteiger partial charge in [-0.1, -0.05) is 43.3 Å². The molecule has 0 spiro atoms. The van der Waals surface area contributed by atoms with Gasteiger partial charge >= 0.3 is 0 Å². The van der Waals surface area contributed by atoms with Crippen LogP contribution < -0.4 is 11.5 Å². The Morgan fingerprint density at radius 1 is 1.06 bits per heavy atom. The Kier molecular flexibility index (Phi) is 12.1. The number of aromatic amines is 1. The second-order valence-electron chi connectivity index (χ2n) is 8.67. The number of carbonyl (C=O) groups excluding carboxylic acids is 2. The van der Waals surface area contributed by atoms with Crippen LogP contribution >= 0.6 is 0 Å². The summed E-state index contributed by atoms with van der Waals surface area (Å²) in [6, 6.07) is 20.7. The molecule has 0 bridgehead atoms.